The van der Waals surface area contributed by atoms with Crippen molar-refractivity contribution in [2.75, 3.05) is 13.6 Å². The lowest BCUT2D eigenvalue weighted by Gasteiger charge is -2.28. The Balaban J connectivity index is 2.06. The molecule has 6 heteroatoms. The Morgan fingerprint density at radius 2 is 1.81 bits per heavy atom. The molecule has 0 saturated carbocycles. The van der Waals surface area contributed by atoms with Gasteiger partial charge in [0.1, 0.15) is 11.5 Å². The van der Waals surface area contributed by atoms with E-state index in [1.54, 1.807) is 7.05 Å². The molecule has 1 amide bonds. The number of nitrogens with one attached hydrogen (secondary N) is 1. The van der Waals surface area contributed by atoms with Gasteiger partial charge in [-0.25, -0.2) is 4.98 Å². The van der Waals surface area contributed by atoms with Crippen molar-refractivity contribution in [3.63, 3.8) is 0 Å². The maximum Gasteiger partial charge on any atom is 0.223 e. The monoisotopic (exact) mass is 424 g/mol. The van der Waals surface area contributed by atoms with Crippen molar-refractivity contribution < 1.29 is 9.59 Å². The molecule has 1 aliphatic rings. The van der Waals surface area contributed by atoms with Crippen LogP contribution in [0.25, 0.3) is 11.4 Å². The molecular formula is C25H36N4O2. The number of rotatable bonds is 6. The summed E-state index contributed by atoms with van der Waals surface area (Å²) in [7, 11) is 1.63. The van der Waals surface area contributed by atoms with E-state index in [1.165, 1.54) is 0 Å². The summed E-state index contributed by atoms with van der Waals surface area (Å²) in [4.78, 5) is 33.4. The number of benzene rings is 1. The van der Waals surface area contributed by atoms with Crippen LogP contribution in [0.15, 0.2) is 30.3 Å². The van der Waals surface area contributed by atoms with Crippen LogP contribution in [-0.4, -0.2) is 45.8 Å². The number of Topliss-reactive ketones (excluding diaryl/α,β-unsaturated/α-hetero) is 1. The molecule has 3 rings (SSSR count). The van der Waals surface area contributed by atoms with Crippen molar-refractivity contribution >= 4 is 11.7 Å². The number of hydrogen-bond donors (Lipinski definition) is 1. The second-order valence-electron chi connectivity index (χ2n) is 9.83. The molecule has 0 bridgehead atoms. The van der Waals surface area contributed by atoms with Gasteiger partial charge in [0.25, 0.3) is 0 Å². The van der Waals surface area contributed by atoms with Crippen LogP contribution in [0.1, 0.15) is 63.6 Å². The zero-order valence-corrected chi connectivity index (χ0v) is 19.7. The molecule has 2 heterocycles. The summed E-state index contributed by atoms with van der Waals surface area (Å²) in [5.74, 6) is 0.282. The van der Waals surface area contributed by atoms with Crippen LogP contribution >= 0.6 is 0 Å². The molecule has 1 atom stereocenters. The third kappa shape index (κ3) is 5.06. The molecule has 0 unspecified atom stereocenters. The first-order chi connectivity index (χ1) is 14.6. The number of fused-ring (bicyclic) bond motifs is 1. The van der Waals surface area contributed by atoms with Gasteiger partial charge in [-0.05, 0) is 25.7 Å². The molecule has 0 spiro atoms. The lowest BCUT2D eigenvalue weighted by Crippen LogP contribution is -2.37. The molecule has 6 nitrogen and oxygen atoms in total. The highest BCUT2D eigenvalue weighted by atomic mass is 16.2. The summed E-state index contributed by atoms with van der Waals surface area (Å²) in [6.07, 6.45) is 1.17. The number of nitrogens with zero attached hydrogens (tertiary/aromatic N) is 3. The normalized spacial score (nSPS) is 16.0. The number of carbonyl (C=O) groups excluding carboxylic acids is 2. The third-order valence-electron chi connectivity index (χ3n) is 6.28. The van der Waals surface area contributed by atoms with E-state index in [2.05, 4.69) is 28.6 Å². The summed E-state index contributed by atoms with van der Waals surface area (Å²) in [5.41, 5.74) is 2.18. The van der Waals surface area contributed by atoms with Crippen LogP contribution in [0.2, 0.25) is 0 Å². The van der Waals surface area contributed by atoms with Crippen LogP contribution in [0.5, 0.6) is 0 Å². The van der Waals surface area contributed by atoms with Gasteiger partial charge in [0.05, 0.1) is 11.6 Å². The zero-order chi connectivity index (χ0) is 22.8. The molecule has 1 aromatic heterocycles. The molecule has 0 aliphatic carbocycles. The summed E-state index contributed by atoms with van der Waals surface area (Å²) < 4.78 is 2.22. The highest BCUT2D eigenvalue weighted by Crippen LogP contribution is 2.32. The standard InChI is InChI=1S/C25H36N4O2/c1-17(2)28-13-10-14-29-20(16-28)22(27-23(29)18-11-8-7-9-12-18)21(30)15-19(24(31)26-6)25(3,4)5/h7-9,11-12,17,19H,10,13-16H2,1-6H3,(H,26,31)/t19-/m1/s1. The molecule has 1 aromatic carbocycles. The van der Waals surface area contributed by atoms with Gasteiger partial charge >= 0.3 is 0 Å². The first-order valence-corrected chi connectivity index (χ1v) is 11.3. The van der Waals surface area contributed by atoms with E-state index >= 15 is 0 Å². The lowest BCUT2D eigenvalue weighted by molar-refractivity contribution is -0.127. The average molecular weight is 425 g/mol. The van der Waals surface area contributed by atoms with E-state index in [1.807, 2.05) is 51.1 Å². The molecule has 2 aromatic rings. The first-order valence-electron chi connectivity index (χ1n) is 11.3. The van der Waals surface area contributed by atoms with Crippen molar-refractivity contribution in [1.82, 2.24) is 19.8 Å². The Bertz CT molecular complexity index is 925. The number of hydrogen-bond acceptors (Lipinski definition) is 4. The molecule has 0 radical (unpaired) electrons. The van der Waals surface area contributed by atoms with Crippen molar-refractivity contribution in [2.45, 2.75) is 66.6 Å². The minimum Gasteiger partial charge on any atom is -0.359 e. The quantitative estimate of drug-likeness (QED) is 0.708. The Kier molecular flexibility index (Phi) is 6.99. The molecule has 0 fully saturated rings. The van der Waals surface area contributed by atoms with Gasteiger partial charge in [0.2, 0.25) is 5.91 Å². The molecule has 1 N–H and O–H groups in total. The third-order valence-corrected chi connectivity index (χ3v) is 6.28. The minimum atomic E-state index is -0.408. The van der Waals surface area contributed by atoms with Gasteiger partial charge in [0.15, 0.2) is 5.78 Å². The summed E-state index contributed by atoms with van der Waals surface area (Å²) in [6.45, 7) is 12.9. The molecule has 168 valence electrons. The van der Waals surface area contributed by atoms with Crippen LogP contribution in [0, 0.1) is 11.3 Å². The maximum atomic E-state index is 13.6. The number of amides is 1. The predicted octanol–water partition coefficient (Wildman–Crippen LogP) is 4.15. The number of aromatic nitrogens is 2. The Hall–Kier alpha value is -2.47. The van der Waals surface area contributed by atoms with Crippen LogP contribution in [0.4, 0.5) is 0 Å². The molecule has 0 saturated heterocycles. The molecule has 1 aliphatic heterocycles. The van der Waals surface area contributed by atoms with E-state index in [4.69, 9.17) is 4.98 Å². The first kappa shape index (κ1) is 23.2. The second-order valence-corrected chi connectivity index (χ2v) is 9.83. The van der Waals surface area contributed by atoms with Crippen molar-refractivity contribution in [3.8, 4) is 11.4 Å². The van der Waals surface area contributed by atoms with Gasteiger partial charge in [-0.2, -0.15) is 0 Å². The van der Waals surface area contributed by atoms with E-state index in [-0.39, 0.29) is 23.5 Å². The number of carbonyl (C=O) groups is 2. The van der Waals surface area contributed by atoms with E-state index in [0.717, 1.165) is 36.6 Å². The topological polar surface area (TPSA) is 67.2 Å². The summed E-state index contributed by atoms with van der Waals surface area (Å²) in [5, 5.41) is 2.73. The fourth-order valence-electron chi connectivity index (χ4n) is 4.31. The highest BCUT2D eigenvalue weighted by molar-refractivity contribution is 5.98. The van der Waals surface area contributed by atoms with E-state index in [9.17, 15) is 9.59 Å². The Morgan fingerprint density at radius 1 is 1.13 bits per heavy atom. The van der Waals surface area contributed by atoms with Gasteiger partial charge in [-0.1, -0.05) is 51.1 Å². The fourth-order valence-corrected chi connectivity index (χ4v) is 4.31. The smallest absolute Gasteiger partial charge is 0.223 e. The van der Waals surface area contributed by atoms with Crippen LogP contribution < -0.4 is 5.32 Å². The Labute approximate surface area is 186 Å². The van der Waals surface area contributed by atoms with Crippen molar-refractivity contribution in [1.29, 1.82) is 0 Å². The van der Waals surface area contributed by atoms with Crippen LogP contribution in [-0.2, 0) is 17.9 Å². The largest absolute Gasteiger partial charge is 0.359 e. The van der Waals surface area contributed by atoms with E-state index in [0.29, 0.717) is 18.3 Å². The lowest BCUT2D eigenvalue weighted by atomic mass is 9.77. The number of imidazole rings is 1. The minimum absolute atomic E-state index is 0.0555. The van der Waals surface area contributed by atoms with Crippen molar-refractivity contribution in [2.24, 2.45) is 11.3 Å². The zero-order valence-electron chi connectivity index (χ0n) is 19.7. The summed E-state index contributed by atoms with van der Waals surface area (Å²) in [6, 6.07) is 10.4. The van der Waals surface area contributed by atoms with Crippen molar-refractivity contribution in [3.05, 3.63) is 41.7 Å². The second kappa shape index (κ2) is 9.35. The number of ketones is 1. The molecular weight excluding hydrogens is 388 g/mol. The molecule has 31 heavy (non-hydrogen) atoms. The SMILES string of the molecule is CNC(=O)[C@@H](CC(=O)c1nc(-c2ccccc2)n2c1CN(C(C)C)CCC2)C(C)(C)C. The van der Waals surface area contributed by atoms with E-state index < -0.39 is 5.92 Å². The van der Waals surface area contributed by atoms with Gasteiger partial charge in [0, 0.05) is 44.7 Å². The summed E-state index contributed by atoms with van der Waals surface area (Å²) >= 11 is 0. The predicted molar refractivity (Wildman–Crippen MR) is 124 cm³/mol. The van der Waals surface area contributed by atoms with Gasteiger partial charge in [-0.15, -0.1) is 0 Å². The fraction of sp³-hybridized carbons (Fsp3) is 0.560. The van der Waals surface area contributed by atoms with Gasteiger partial charge in [-0.3, -0.25) is 14.5 Å². The van der Waals surface area contributed by atoms with Gasteiger partial charge < -0.3 is 9.88 Å². The van der Waals surface area contributed by atoms with Crippen LogP contribution in [0.3, 0.4) is 0 Å². The average Bonchev–Trinajstić information content (AvgIpc) is 2.93. The Morgan fingerprint density at radius 3 is 2.39 bits per heavy atom. The maximum absolute atomic E-state index is 13.6. The highest BCUT2D eigenvalue weighted by Gasteiger charge is 2.35.